The van der Waals surface area contributed by atoms with E-state index in [1.54, 1.807) is 16.4 Å². The molecule has 0 bridgehead atoms. The summed E-state index contributed by atoms with van der Waals surface area (Å²) in [6, 6.07) is 7.22. The van der Waals surface area contributed by atoms with Gasteiger partial charge in [0.2, 0.25) is 10.0 Å². The molecule has 1 aromatic rings. The molecule has 1 fully saturated rings. The van der Waals surface area contributed by atoms with Crippen LogP contribution in [0, 0.1) is 12.8 Å². The van der Waals surface area contributed by atoms with Crippen molar-refractivity contribution >= 4 is 10.0 Å². The quantitative estimate of drug-likeness (QED) is 0.757. The van der Waals surface area contributed by atoms with E-state index in [2.05, 4.69) is 13.8 Å². The summed E-state index contributed by atoms with van der Waals surface area (Å²) in [6.07, 6.45) is 0. The molecule has 1 aliphatic heterocycles. The molecule has 2 atom stereocenters. The van der Waals surface area contributed by atoms with Crippen LogP contribution in [0.1, 0.15) is 19.4 Å². The Morgan fingerprint density at radius 2 is 1.81 bits per heavy atom. The fourth-order valence-electron chi connectivity index (χ4n) is 1.80. The molecule has 0 saturated carbocycles. The van der Waals surface area contributed by atoms with Gasteiger partial charge in [0.25, 0.3) is 0 Å². The molecule has 0 aromatic heterocycles. The van der Waals surface area contributed by atoms with Crippen LogP contribution in [0.3, 0.4) is 0 Å². The maximum absolute atomic E-state index is 12.1. The lowest BCUT2D eigenvalue weighted by atomic mass is 10.1. The molecule has 2 unspecified atom stereocenters. The van der Waals surface area contributed by atoms with Crippen molar-refractivity contribution in [3.05, 3.63) is 29.8 Å². The smallest absolute Gasteiger partial charge is 0.207 e. The summed E-state index contributed by atoms with van der Waals surface area (Å²) in [7, 11) is -3.24. The van der Waals surface area contributed by atoms with Crippen molar-refractivity contribution in [3.63, 3.8) is 0 Å². The lowest BCUT2D eigenvalue weighted by Crippen LogP contribution is -2.16. The van der Waals surface area contributed by atoms with Crippen molar-refractivity contribution in [2.45, 2.75) is 31.7 Å². The predicted molar refractivity (Wildman–Crippen MR) is 63.7 cm³/mol. The Morgan fingerprint density at radius 3 is 2.25 bits per heavy atom. The lowest BCUT2D eigenvalue weighted by Gasteiger charge is -2.08. The highest BCUT2D eigenvalue weighted by Crippen LogP contribution is 2.32. The van der Waals surface area contributed by atoms with E-state index >= 15 is 0 Å². The standard InChI is InChI=1S/C12H17NO2S/c1-9(2)12-8-13(12)16(14,15)11-6-4-10(3)5-7-11/h4-7,9,12H,8H2,1-3H3. The zero-order valence-corrected chi connectivity index (χ0v) is 10.7. The number of sulfonamides is 1. The van der Waals surface area contributed by atoms with Crippen LogP contribution in [0.4, 0.5) is 0 Å². The van der Waals surface area contributed by atoms with Crippen LogP contribution in [0.25, 0.3) is 0 Å². The monoisotopic (exact) mass is 239 g/mol. The second-order valence-electron chi connectivity index (χ2n) is 4.70. The van der Waals surface area contributed by atoms with Crippen LogP contribution >= 0.6 is 0 Å². The van der Waals surface area contributed by atoms with Crippen LogP contribution in [-0.4, -0.2) is 25.3 Å². The summed E-state index contributed by atoms with van der Waals surface area (Å²) in [6.45, 7) is 6.71. The van der Waals surface area contributed by atoms with E-state index in [1.165, 1.54) is 0 Å². The minimum absolute atomic E-state index is 0.186. The molecule has 1 heterocycles. The van der Waals surface area contributed by atoms with Crippen LogP contribution in [0.15, 0.2) is 29.2 Å². The largest absolute Gasteiger partial charge is 0.243 e. The highest BCUT2D eigenvalue weighted by atomic mass is 32.2. The van der Waals surface area contributed by atoms with Crippen molar-refractivity contribution in [3.8, 4) is 0 Å². The third kappa shape index (κ3) is 1.99. The van der Waals surface area contributed by atoms with Gasteiger partial charge in [0.15, 0.2) is 0 Å². The molecule has 2 rings (SSSR count). The van der Waals surface area contributed by atoms with Gasteiger partial charge in [-0.1, -0.05) is 31.5 Å². The first-order valence-electron chi connectivity index (χ1n) is 5.51. The topological polar surface area (TPSA) is 37.1 Å². The number of benzene rings is 1. The van der Waals surface area contributed by atoms with Crippen molar-refractivity contribution in [1.29, 1.82) is 0 Å². The first-order chi connectivity index (χ1) is 7.43. The Morgan fingerprint density at radius 1 is 1.25 bits per heavy atom. The molecule has 1 saturated heterocycles. The normalized spacial score (nSPS) is 24.8. The van der Waals surface area contributed by atoms with Gasteiger partial charge < -0.3 is 0 Å². The van der Waals surface area contributed by atoms with Gasteiger partial charge in [0, 0.05) is 12.6 Å². The summed E-state index contributed by atoms with van der Waals surface area (Å²) in [5.74, 6) is 0.389. The molecule has 16 heavy (non-hydrogen) atoms. The zero-order valence-electron chi connectivity index (χ0n) is 9.84. The highest BCUT2D eigenvalue weighted by Gasteiger charge is 2.45. The molecule has 0 N–H and O–H groups in total. The first-order valence-corrected chi connectivity index (χ1v) is 6.95. The number of rotatable bonds is 3. The molecule has 4 heteroatoms. The van der Waals surface area contributed by atoms with Crippen LogP contribution in [0.5, 0.6) is 0 Å². The average molecular weight is 239 g/mol. The van der Waals surface area contributed by atoms with Gasteiger partial charge >= 0.3 is 0 Å². The molecule has 0 spiro atoms. The number of hydrogen-bond acceptors (Lipinski definition) is 2. The Kier molecular flexibility index (Phi) is 2.80. The average Bonchev–Trinajstić information content (AvgIpc) is 2.98. The first kappa shape index (κ1) is 11.6. The van der Waals surface area contributed by atoms with Gasteiger partial charge in [0.1, 0.15) is 0 Å². The van der Waals surface area contributed by atoms with E-state index in [0.717, 1.165) is 5.56 Å². The van der Waals surface area contributed by atoms with Crippen molar-refractivity contribution in [1.82, 2.24) is 4.31 Å². The summed E-state index contributed by atoms with van der Waals surface area (Å²) < 4.78 is 25.9. The third-order valence-electron chi connectivity index (χ3n) is 3.00. The molecular weight excluding hydrogens is 222 g/mol. The minimum atomic E-state index is -3.24. The third-order valence-corrected chi connectivity index (χ3v) is 4.91. The summed E-state index contributed by atoms with van der Waals surface area (Å²) in [5.41, 5.74) is 1.07. The van der Waals surface area contributed by atoms with E-state index in [1.807, 2.05) is 19.1 Å². The second-order valence-corrected chi connectivity index (χ2v) is 6.59. The van der Waals surface area contributed by atoms with E-state index in [-0.39, 0.29) is 6.04 Å². The maximum atomic E-state index is 12.1. The van der Waals surface area contributed by atoms with E-state index in [0.29, 0.717) is 17.4 Å². The molecule has 1 aliphatic rings. The van der Waals surface area contributed by atoms with E-state index in [4.69, 9.17) is 0 Å². The van der Waals surface area contributed by atoms with E-state index < -0.39 is 10.0 Å². The van der Waals surface area contributed by atoms with Gasteiger partial charge in [-0.2, -0.15) is 4.31 Å². The van der Waals surface area contributed by atoms with Gasteiger partial charge in [-0.05, 0) is 25.0 Å². The Bertz CT molecular complexity index is 476. The number of aryl methyl sites for hydroxylation is 1. The van der Waals surface area contributed by atoms with Gasteiger partial charge in [-0.3, -0.25) is 0 Å². The predicted octanol–water partition coefficient (Wildman–Crippen LogP) is 2.02. The summed E-state index contributed by atoms with van der Waals surface area (Å²) in [5, 5.41) is 0. The number of hydrogen-bond donors (Lipinski definition) is 0. The molecular formula is C12H17NO2S. The van der Waals surface area contributed by atoms with Crippen LogP contribution < -0.4 is 0 Å². The molecule has 0 amide bonds. The van der Waals surface area contributed by atoms with Crippen LogP contribution in [-0.2, 0) is 10.0 Å². The molecule has 1 aromatic carbocycles. The Hall–Kier alpha value is -0.870. The van der Waals surface area contributed by atoms with Gasteiger partial charge in [-0.15, -0.1) is 0 Å². The zero-order chi connectivity index (χ0) is 11.9. The molecule has 0 aliphatic carbocycles. The number of nitrogens with zero attached hydrogens (tertiary/aromatic N) is 1. The highest BCUT2D eigenvalue weighted by molar-refractivity contribution is 7.89. The lowest BCUT2D eigenvalue weighted by molar-refractivity contribution is 0.518. The minimum Gasteiger partial charge on any atom is -0.207 e. The SMILES string of the molecule is Cc1ccc(S(=O)(=O)N2CC2C(C)C)cc1. The fraction of sp³-hybridized carbons (Fsp3) is 0.500. The van der Waals surface area contributed by atoms with Crippen molar-refractivity contribution in [2.75, 3.05) is 6.54 Å². The molecule has 3 nitrogen and oxygen atoms in total. The van der Waals surface area contributed by atoms with Crippen molar-refractivity contribution in [2.24, 2.45) is 5.92 Å². The van der Waals surface area contributed by atoms with Crippen molar-refractivity contribution < 1.29 is 8.42 Å². The summed E-state index contributed by atoms with van der Waals surface area (Å²) in [4.78, 5) is 0.404. The summed E-state index contributed by atoms with van der Waals surface area (Å²) >= 11 is 0. The Labute approximate surface area is 97.1 Å². The Balaban J connectivity index is 2.24. The van der Waals surface area contributed by atoms with Gasteiger partial charge in [-0.25, -0.2) is 8.42 Å². The maximum Gasteiger partial charge on any atom is 0.243 e. The molecule has 0 radical (unpaired) electrons. The molecule has 88 valence electrons. The fourth-order valence-corrected chi connectivity index (χ4v) is 3.50. The second kappa shape index (κ2) is 3.86. The van der Waals surface area contributed by atoms with E-state index in [9.17, 15) is 8.42 Å². The van der Waals surface area contributed by atoms with Crippen LogP contribution in [0.2, 0.25) is 0 Å². The van der Waals surface area contributed by atoms with Gasteiger partial charge in [0.05, 0.1) is 4.90 Å².